The van der Waals surface area contributed by atoms with E-state index in [1.165, 1.54) is 11.2 Å². The third-order valence-corrected chi connectivity index (χ3v) is 4.34. The first kappa shape index (κ1) is 13.4. The molecule has 20 heavy (non-hydrogen) atoms. The molecular formula is C17H23N2O+. The number of rotatable bonds is 2. The van der Waals surface area contributed by atoms with Crippen LogP contribution in [0.4, 0.5) is 0 Å². The van der Waals surface area contributed by atoms with Crippen molar-refractivity contribution in [2.75, 3.05) is 27.7 Å². The molecule has 0 N–H and O–H groups in total. The van der Waals surface area contributed by atoms with E-state index in [1.54, 1.807) is 0 Å². The van der Waals surface area contributed by atoms with Gasteiger partial charge in [-0.3, -0.25) is 4.79 Å². The van der Waals surface area contributed by atoms with Crippen LogP contribution in [0.25, 0.3) is 10.9 Å². The average molecular weight is 271 g/mol. The molecule has 0 spiro atoms. The van der Waals surface area contributed by atoms with Crippen LogP contribution in [-0.4, -0.2) is 42.5 Å². The van der Waals surface area contributed by atoms with Gasteiger partial charge >= 0.3 is 0 Å². The van der Waals surface area contributed by atoms with E-state index in [1.807, 2.05) is 12.1 Å². The summed E-state index contributed by atoms with van der Waals surface area (Å²) >= 11 is 0. The van der Waals surface area contributed by atoms with Gasteiger partial charge in [0.15, 0.2) is 5.78 Å². The Labute approximate surface area is 120 Å². The van der Waals surface area contributed by atoms with E-state index in [-0.39, 0.29) is 5.92 Å². The van der Waals surface area contributed by atoms with Crippen molar-refractivity contribution in [3.05, 3.63) is 35.5 Å². The van der Waals surface area contributed by atoms with Crippen LogP contribution in [0.1, 0.15) is 22.5 Å². The predicted octanol–water partition coefficient (Wildman–Crippen LogP) is 2.63. The number of fused-ring (bicyclic) bond motifs is 3. The predicted molar refractivity (Wildman–Crippen MR) is 82.0 cm³/mol. The summed E-state index contributed by atoms with van der Waals surface area (Å²) in [5.41, 5.74) is 3.37. The lowest BCUT2D eigenvalue weighted by atomic mass is 9.84. The van der Waals surface area contributed by atoms with Gasteiger partial charge in [-0.05, 0) is 18.9 Å². The van der Waals surface area contributed by atoms with E-state index in [0.717, 1.165) is 34.8 Å². The van der Waals surface area contributed by atoms with Crippen molar-refractivity contribution in [3.8, 4) is 0 Å². The number of para-hydroxylation sites is 1. The van der Waals surface area contributed by atoms with Crippen molar-refractivity contribution in [1.82, 2.24) is 4.57 Å². The van der Waals surface area contributed by atoms with Gasteiger partial charge in [-0.15, -0.1) is 0 Å². The highest BCUT2D eigenvalue weighted by Gasteiger charge is 2.34. The Morgan fingerprint density at radius 1 is 1.25 bits per heavy atom. The summed E-state index contributed by atoms with van der Waals surface area (Å²) in [6.07, 6.45) is 1.99. The molecule has 3 nitrogen and oxygen atoms in total. The van der Waals surface area contributed by atoms with Crippen LogP contribution in [0, 0.1) is 5.92 Å². The fraction of sp³-hybridized carbons (Fsp3) is 0.471. The SMILES string of the molecule is Cn1c2c(c3ccccc31)C(=O)C(C[N+](C)(C)C)CC2. The molecule has 1 aromatic heterocycles. The maximum Gasteiger partial charge on any atom is 0.174 e. The number of carbonyl (C=O) groups excluding carboxylic acids is 1. The number of nitrogens with zero attached hydrogens (tertiary/aromatic N) is 2. The molecule has 0 fully saturated rings. The van der Waals surface area contributed by atoms with Crippen LogP contribution in [0.3, 0.4) is 0 Å². The number of quaternary nitrogens is 1. The third kappa shape index (κ3) is 2.06. The quantitative estimate of drug-likeness (QED) is 0.770. The summed E-state index contributed by atoms with van der Waals surface area (Å²) in [5.74, 6) is 0.504. The summed E-state index contributed by atoms with van der Waals surface area (Å²) in [6.45, 7) is 0.918. The standard InChI is InChI=1S/C17H23N2O/c1-18-14-8-6-5-7-13(14)16-15(18)10-9-12(17(16)20)11-19(2,3)4/h5-8,12H,9-11H2,1-4H3/q+1. The van der Waals surface area contributed by atoms with E-state index in [9.17, 15) is 4.79 Å². The van der Waals surface area contributed by atoms with Gasteiger partial charge in [-0.2, -0.15) is 0 Å². The summed E-state index contributed by atoms with van der Waals surface area (Å²) in [7, 11) is 8.55. The van der Waals surface area contributed by atoms with Crippen LogP contribution in [0.15, 0.2) is 24.3 Å². The molecule has 1 aliphatic rings. The highest BCUT2D eigenvalue weighted by Crippen LogP contribution is 2.34. The van der Waals surface area contributed by atoms with Crippen LogP contribution >= 0.6 is 0 Å². The summed E-state index contributed by atoms with van der Waals surface area (Å²) in [5, 5.41) is 1.13. The molecule has 0 saturated carbocycles. The maximum atomic E-state index is 12.9. The number of aryl methyl sites for hydroxylation is 1. The smallest absolute Gasteiger partial charge is 0.174 e. The Hall–Kier alpha value is -1.61. The van der Waals surface area contributed by atoms with Crippen molar-refractivity contribution in [2.24, 2.45) is 13.0 Å². The monoisotopic (exact) mass is 271 g/mol. The first-order valence-corrected chi connectivity index (χ1v) is 7.29. The minimum atomic E-state index is 0.160. The normalized spacial score (nSPS) is 19.4. The van der Waals surface area contributed by atoms with Gasteiger partial charge in [-0.1, -0.05) is 18.2 Å². The zero-order valence-corrected chi connectivity index (χ0v) is 12.8. The number of Topliss-reactive ketones (excluding diaryl/α,β-unsaturated/α-hetero) is 1. The molecule has 0 amide bonds. The lowest BCUT2D eigenvalue weighted by Crippen LogP contribution is -2.42. The van der Waals surface area contributed by atoms with Gasteiger partial charge in [0, 0.05) is 29.2 Å². The Balaban J connectivity index is 2.09. The molecule has 1 aliphatic carbocycles. The number of hydrogen-bond acceptors (Lipinski definition) is 1. The van der Waals surface area contributed by atoms with Gasteiger partial charge in [0.2, 0.25) is 0 Å². The van der Waals surface area contributed by atoms with Gasteiger partial charge in [0.05, 0.1) is 33.6 Å². The summed E-state index contributed by atoms with van der Waals surface area (Å²) in [6, 6.07) is 8.26. The number of ketones is 1. The molecule has 0 saturated heterocycles. The van der Waals surface area contributed by atoms with Crippen LogP contribution in [0.5, 0.6) is 0 Å². The molecule has 0 radical (unpaired) electrons. The van der Waals surface area contributed by atoms with Crippen molar-refractivity contribution in [2.45, 2.75) is 12.8 Å². The van der Waals surface area contributed by atoms with Crippen molar-refractivity contribution < 1.29 is 9.28 Å². The molecular weight excluding hydrogens is 248 g/mol. The number of hydrogen-bond donors (Lipinski definition) is 0. The van der Waals surface area contributed by atoms with Crippen LogP contribution < -0.4 is 0 Å². The van der Waals surface area contributed by atoms with Crippen molar-refractivity contribution in [1.29, 1.82) is 0 Å². The largest absolute Gasteiger partial charge is 0.347 e. The first-order chi connectivity index (χ1) is 9.38. The molecule has 2 aromatic rings. The van der Waals surface area contributed by atoms with Gasteiger partial charge in [-0.25, -0.2) is 0 Å². The molecule has 1 unspecified atom stereocenters. The molecule has 3 heteroatoms. The van der Waals surface area contributed by atoms with E-state index in [4.69, 9.17) is 0 Å². The Bertz CT molecular complexity index is 676. The fourth-order valence-electron chi connectivity index (χ4n) is 3.50. The van der Waals surface area contributed by atoms with Gasteiger partial charge in [0.25, 0.3) is 0 Å². The molecule has 106 valence electrons. The molecule has 1 atom stereocenters. The molecule has 0 aliphatic heterocycles. The lowest BCUT2D eigenvalue weighted by molar-refractivity contribution is -0.872. The zero-order chi connectivity index (χ0) is 14.5. The first-order valence-electron chi connectivity index (χ1n) is 7.29. The summed E-state index contributed by atoms with van der Waals surface area (Å²) < 4.78 is 3.04. The van der Waals surface area contributed by atoms with E-state index >= 15 is 0 Å². The van der Waals surface area contributed by atoms with Gasteiger partial charge in [0.1, 0.15) is 0 Å². The molecule has 1 aromatic carbocycles. The number of benzene rings is 1. The highest BCUT2D eigenvalue weighted by molar-refractivity contribution is 6.11. The van der Waals surface area contributed by atoms with Crippen molar-refractivity contribution in [3.63, 3.8) is 0 Å². The topological polar surface area (TPSA) is 22.0 Å². The molecule has 0 bridgehead atoms. The summed E-state index contributed by atoms with van der Waals surface area (Å²) in [4.78, 5) is 12.9. The number of aromatic nitrogens is 1. The number of carbonyl (C=O) groups is 1. The highest BCUT2D eigenvalue weighted by atomic mass is 16.1. The average Bonchev–Trinajstić information content (AvgIpc) is 2.66. The molecule has 3 rings (SSSR count). The second-order valence-electron chi connectivity index (χ2n) is 6.97. The Kier molecular flexibility index (Phi) is 2.98. The second kappa shape index (κ2) is 4.45. The van der Waals surface area contributed by atoms with E-state index < -0.39 is 0 Å². The molecule has 1 heterocycles. The van der Waals surface area contributed by atoms with Crippen molar-refractivity contribution >= 4 is 16.7 Å². The minimum absolute atomic E-state index is 0.160. The Morgan fingerprint density at radius 2 is 1.95 bits per heavy atom. The maximum absolute atomic E-state index is 12.9. The second-order valence-corrected chi connectivity index (χ2v) is 6.97. The van der Waals surface area contributed by atoms with E-state index in [2.05, 4.69) is 44.9 Å². The fourth-order valence-corrected chi connectivity index (χ4v) is 3.50. The van der Waals surface area contributed by atoms with Gasteiger partial charge < -0.3 is 9.05 Å². The third-order valence-electron chi connectivity index (χ3n) is 4.34. The Morgan fingerprint density at radius 3 is 2.65 bits per heavy atom. The van der Waals surface area contributed by atoms with Crippen LogP contribution in [-0.2, 0) is 13.5 Å². The minimum Gasteiger partial charge on any atom is -0.347 e. The van der Waals surface area contributed by atoms with E-state index in [0.29, 0.717) is 5.78 Å². The van der Waals surface area contributed by atoms with Crippen LogP contribution in [0.2, 0.25) is 0 Å². The lowest BCUT2D eigenvalue weighted by Gasteiger charge is -2.30. The zero-order valence-electron chi connectivity index (χ0n) is 12.8.